The van der Waals surface area contributed by atoms with Gasteiger partial charge in [-0.1, -0.05) is 47.5 Å². The molecule has 1 N–H and O–H groups in total. The summed E-state index contributed by atoms with van der Waals surface area (Å²) in [4.78, 5) is 16.7. The molecule has 0 saturated carbocycles. The monoisotopic (exact) mass is 435 g/mol. The summed E-state index contributed by atoms with van der Waals surface area (Å²) in [5.74, 6) is 0.336. The summed E-state index contributed by atoms with van der Waals surface area (Å²) in [5.41, 5.74) is 4.19. The van der Waals surface area contributed by atoms with E-state index < -0.39 is 5.97 Å². The van der Waals surface area contributed by atoms with Crippen molar-refractivity contribution >= 4 is 51.7 Å². The minimum atomic E-state index is -0.929. The van der Waals surface area contributed by atoms with Crippen LogP contribution in [0.25, 0.3) is 33.9 Å². The van der Waals surface area contributed by atoms with E-state index in [1.165, 1.54) is 0 Å². The van der Waals surface area contributed by atoms with Gasteiger partial charge in [-0.05, 0) is 60.4 Å². The lowest BCUT2D eigenvalue weighted by Gasteiger charge is -2.08. The lowest BCUT2D eigenvalue weighted by Crippen LogP contribution is -2.05. The van der Waals surface area contributed by atoms with Gasteiger partial charge in [-0.3, -0.25) is 0 Å². The number of allylic oxidation sites excluding steroid dienone is 1. The molecule has 0 fully saturated rings. The number of carbonyl (C=O) groups is 1. The smallest absolute Gasteiger partial charge is 0.336 e. The van der Waals surface area contributed by atoms with E-state index in [2.05, 4.69) is 0 Å². The van der Waals surface area contributed by atoms with Gasteiger partial charge in [0.05, 0.1) is 26.8 Å². The normalized spacial score (nSPS) is 14.4. The zero-order valence-electron chi connectivity index (χ0n) is 15.7. The van der Waals surface area contributed by atoms with Crippen LogP contribution in [0.3, 0.4) is 0 Å². The summed E-state index contributed by atoms with van der Waals surface area (Å²) in [7, 11) is 0. The Morgan fingerprint density at radius 1 is 1.03 bits per heavy atom. The molecule has 4 aromatic rings. The van der Waals surface area contributed by atoms with Crippen LogP contribution in [0.4, 0.5) is 0 Å². The van der Waals surface area contributed by atoms with Crippen molar-refractivity contribution in [2.24, 2.45) is 0 Å². The van der Waals surface area contributed by atoms with Crippen molar-refractivity contribution in [1.82, 2.24) is 4.98 Å². The molecular formula is C24H15Cl2NO3. The zero-order chi connectivity index (χ0) is 20.8. The maximum absolute atomic E-state index is 12.0. The van der Waals surface area contributed by atoms with Crippen molar-refractivity contribution in [3.63, 3.8) is 0 Å². The molecule has 2 aromatic heterocycles. The second kappa shape index (κ2) is 7.31. The van der Waals surface area contributed by atoms with Crippen LogP contribution in [0.5, 0.6) is 0 Å². The number of halogens is 2. The molecule has 2 heterocycles. The fraction of sp³-hybridized carbons (Fsp3) is 0.0833. The summed E-state index contributed by atoms with van der Waals surface area (Å²) >= 11 is 12.4. The largest absolute Gasteiger partial charge is 0.478 e. The van der Waals surface area contributed by atoms with Crippen molar-refractivity contribution < 1.29 is 14.3 Å². The van der Waals surface area contributed by atoms with Crippen molar-refractivity contribution in [2.45, 2.75) is 12.8 Å². The summed E-state index contributed by atoms with van der Waals surface area (Å²) in [6.07, 6.45) is 3.25. The van der Waals surface area contributed by atoms with Gasteiger partial charge in [0, 0.05) is 10.9 Å². The number of carboxylic acids is 1. The van der Waals surface area contributed by atoms with E-state index in [0.29, 0.717) is 50.9 Å². The van der Waals surface area contributed by atoms with E-state index in [0.717, 1.165) is 22.4 Å². The van der Waals surface area contributed by atoms with Gasteiger partial charge in [0.25, 0.3) is 0 Å². The molecule has 4 nitrogen and oxygen atoms in total. The van der Waals surface area contributed by atoms with E-state index in [4.69, 9.17) is 32.6 Å². The lowest BCUT2D eigenvalue weighted by atomic mass is 10.0. The highest BCUT2D eigenvalue weighted by Crippen LogP contribution is 2.39. The second-order valence-corrected chi connectivity index (χ2v) is 7.89. The number of hydrogen-bond donors (Lipinski definition) is 1. The quantitative estimate of drug-likeness (QED) is 0.376. The number of furan rings is 1. The number of pyridine rings is 1. The maximum Gasteiger partial charge on any atom is 0.336 e. The third-order valence-electron chi connectivity index (χ3n) is 5.32. The molecule has 2 aromatic carbocycles. The Bertz CT molecular complexity index is 1350. The number of rotatable bonds is 3. The number of nitrogens with zero attached hydrogens (tertiary/aromatic N) is 1. The third-order valence-corrected chi connectivity index (χ3v) is 6.13. The summed E-state index contributed by atoms with van der Waals surface area (Å²) < 4.78 is 5.98. The molecule has 0 saturated heterocycles. The van der Waals surface area contributed by atoms with Crippen LogP contribution in [0, 0.1) is 0 Å². The molecule has 0 amide bonds. The van der Waals surface area contributed by atoms with Crippen LogP contribution in [-0.4, -0.2) is 16.1 Å². The number of benzene rings is 2. The number of carboxylic acid groups (broad SMARTS) is 1. The maximum atomic E-state index is 12.0. The first kappa shape index (κ1) is 18.9. The van der Waals surface area contributed by atoms with Gasteiger partial charge in [0.1, 0.15) is 11.5 Å². The summed E-state index contributed by atoms with van der Waals surface area (Å²) in [6, 6.07) is 16.4. The topological polar surface area (TPSA) is 63.3 Å². The van der Waals surface area contributed by atoms with Gasteiger partial charge < -0.3 is 9.52 Å². The Kier molecular flexibility index (Phi) is 4.61. The second-order valence-electron chi connectivity index (χ2n) is 7.11. The average molecular weight is 436 g/mol. The number of fused-ring (bicyclic) bond motifs is 2. The Balaban J connectivity index is 1.60. The van der Waals surface area contributed by atoms with Gasteiger partial charge in [-0.2, -0.15) is 0 Å². The number of hydrogen-bond acceptors (Lipinski definition) is 3. The number of aromatic carboxylic acids is 1. The highest BCUT2D eigenvalue weighted by Gasteiger charge is 2.26. The molecule has 0 radical (unpaired) electrons. The Morgan fingerprint density at radius 2 is 1.87 bits per heavy atom. The molecule has 0 bridgehead atoms. The first-order valence-corrected chi connectivity index (χ1v) is 10.2. The van der Waals surface area contributed by atoms with E-state index in [1.807, 2.05) is 48.5 Å². The Morgan fingerprint density at radius 3 is 2.70 bits per heavy atom. The molecule has 1 aliphatic carbocycles. The molecule has 30 heavy (non-hydrogen) atoms. The van der Waals surface area contributed by atoms with Crippen molar-refractivity contribution in [1.29, 1.82) is 0 Å². The summed E-state index contributed by atoms with van der Waals surface area (Å²) in [6.45, 7) is 0. The standard InChI is InChI=1S/C24H15Cl2NO3/c25-18-6-3-5-16(22(18)26)20-11-9-14(30-20)12-13-8-10-17-21(24(28)29)15-4-1-2-7-19(15)27-23(13)17/h1-7,9,11-12H,8,10H2,(H,28,29). The van der Waals surface area contributed by atoms with E-state index in [9.17, 15) is 9.90 Å². The van der Waals surface area contributed by atoms with Crippen molar-refractivity contribution in [3.8, 4) is 11.3 Å². The summed E-state index contributed by atoms with van der Waals surface area (Å²) in [5, 5.41) is 11.4. The predicted octanol–water partition coefficient (Wildman–Crippen LogP) is 6.99. The van der Waals surface area contributed by atoms with Crippen molar-refractivity contribution in [2.75, 3.05) is 0 Å². The molecular weight excluding hydrogens is 421 g/mol. The van der Waals surface area contributed by atoms with Gasteiger partial charge in [-0.25, -0.2) is 9.78 Å². The lowest BCUT2D eigenvalue weighted by molar-refractivity contribution is 0.0698. The third kappa shape index (κ3) is 3.09. The molecule has 148 valence electrons. The molecule has 0 spiro atoms. The van der Waals surface area contributed by atoms with E-state index >= 15 is 0 Å². The van der Waals surface area contributed by atoms with Crippen molar-refractivity contribution in [3.05, 3.63) is 87.2 Å². The number of para-hydroxylation sites is 1. The number of aromatic nitrogens is 1. The van der Waals surface area contributed by atoms with Crippen LogP contribution in [-0.2, 0) is 6.42 Å². The molecule has 6 heteroatoms. The van der Waals surface area contributed by atoms with E-state index in [1.54, 1.807) is 12.1 Å². The minimum absolute atomic E-state index is 0.338. The Labute approximate surface area is 182 Å². The highest BCUT2D eigenvalue weighted by atomic mass is 35.5. The molecule has 5 rings (SSSR count). The Hall–Kier alpha value is -3.08. The van der Waals surface area contributed by atoms with Gasteiger partial charge >= 0.3 is 5.97 Å². The van der Waals surface area contributed by atoms with Crippen LogP contribution >= 0.6 is 23.2 Å². The first-order valence-electron chi connectivity index (χ1n) is 9.43. The fourth-order valence-electron chi connectivity index (χ4n) is 3.96. The van der Waals surface area contributed by atoms with Crippen LogP contribution < -0.4 is 0 Å². The SMILES string of the molecule is O=C(O)c1c2c(nc3ccccc13)C(=Cc1ccc(-c3cccc(Cl)c3Cl)o1)CC2. The van der Waals surface area contributed by atoms with Gasteiger partial charge in [-0.15, -0.1) is 0 Å². The minimum Gasteiger partial charge on any atom is -0.478 e. The fourth-order valence-corrected chi connectivity index (χ4v) is 4.36. The van der Waals surface area contributed by atoms with Crippen LogP contribution in [0.1, 0.15) is 33.8 Å². The molecule has 0 unspecified atom stereocenters. The average Bonchev–Trinajstić information content (AvgIpc) is 3.35. The van der Waals surface area contributed by atoms with Crippen LogP contribution in [0.15, 0.2) is 59.0 Å². The van der Waals surface area contributed by atoms with Gasteiger partial charge in [0.2, 0.25) is 0 Å². The zero-order valence-corrected chi connectivity index (χ0v) is 17.2. The van der Waals surface area contributed by atoms with E-state index in [-0.39, 0.29) is 0 Å². The molecule has 1 aliphatic rings. The highest BCUT2D eigenvalue weighted by molar-refractivity contribution is 6.43. The first-order chi connectivity index (χ1) is 14.5. The molecule has 0 atom stereocenters. The van der Waals surface area contributed by atoms with Gasteiger partial charge in [0.15, 0.2) is 0 Å². The predicted molar refractivity (Wildman–Crippen MR) is 119 cm³/mol. The molecule has 0 aliphatic heterocycles. The van der Waals surface area contributed by atoms with Crippen LogP contribution in [0.2, 0.25) is 10.0 Å².